The number of amides is 1. The molecule has 0 heterocycles. The van der Waals surface area contributed by atoms with Crippen molar-refractivity contribution in [2.75, 3.05) is 6.54 Å². The second-order valence-corrected chi connectivity index (χ2v) is 3.11. The van der Waals surface area contributed by atoms with Gasteiger partial charge < -0.3 is 10.4 Å². The smallest absolute Gasteiger partial charge is 0.313 e. The van der Waals surface area contributed by atoms with E-state index in [-0.39, 0.29) is 18.1 Å². The van der Waals surface area contributed by atoms with Gasteiger partial charge in [-0.2, -0.15) is 0 Å². The lowest BCUT2D eigenvalue weighted by atomic mass is 10.0. The van der Waals surface area contributed by atoms with E-state index < -0.39 is 11.9 Å². The van der Waals surface area contributed by atoms with Gasteiger partial charge in [0.2, 0.25) is 5.91 Å². The molecule has 0 aliphatic heterocycles. The van der Waals surface area contributed by atoms with E-state index in [0.29, 0.717) is 13.0 Å². The van der Waals surface area contributed by atoms with Gasteiger partial charge in [0.25, 0.3) is 0 Å². The molecule has 0 rings (SSSR count). The number of rotatable bonds is 6. The van der Waals surface area contributed by atoms with Gasteiger partial charge in [0.15, 0.2) is 0 Å². The van der Waals surface area contributed by atoms with E-state index in [0.717, 1.165) is 0 Å². The molecule has 0 aliphatic carbocycles. The lowest BCUT2D eigenvalue weighted by molar-refractivity contribution is -0.145. The van der Waals surface area contributed by atoms with Crippen LogP contribution >= 0.6 is 0 Å². The second-order valence-electron chi connectivity index (χ2n) is 3.11. The standard InChI is InChI=1S/C9H15NO4/c1-6(9(13)14)8(12)4-3-5-10-7(2)11/h6H,3-5H2,1-2H3,(H,10,11)(H,13,14)/t6-/m0/s1. The fourth-order valence-electron chi connectivity index (χ4n) is 0.881. The fourth-order valence-corrected chi connectivity index (χ4v) is 0.881. The molecule has 0 saturated carbocycles. The molecule has 14 heavy (non-hydrogen) atoms. The maximum atomic E-state index is 11.1. The average Bonchev–Trinajstić information content (AvgIpc) is 2.10. The van der Waals surface area contributed by atoms with Gasteiger partial charge >= 0.3 is 5.97 Å². The Kier molecular flexibility index (Phi) is 5.52. The molecular weight excluding hydrogens is 186 g/mol. The molecule has 0 bridgehead atoms. The summed E-state index contributed by atoms with van der Waals surface area (Å²) in [6.07, 6.45) is 0.670. The summed E-state index contributed by atoms with van der Waals surface area (Å²) < 4.78 is 0. The SMILES string of the molecule is CC(=O)NCCCC(=O)[C@H](C)C(=O)O. The van der Waals surface area contributed by atoms with Gasteiger partial charge in [-0.05, 0) is 13.3 Å². The molecule has 0 radical (unpaired) electrons. The maximum Gasteiger partial charge on any atom is 0.313 e. The summed E-state index contributed by atoms with van der Waals surface area (Å²) >= 11 is 0. The molecule has 1 amide bonds. The van der Waals surface area contributed by atoms with E-state index in [1.807, 2.05) is 0 Å². The number of carboxylic acids is 1. The van der Waals surface area contributed by atoms with Crippen LogP contribution < -0.4 is 5.32 Å². The first-order valence-electron chi connectivity index (χ1n) is 4.45. The van der Waals surface area contributed by atoms with Gasteiger partial charge in [-0.25, -0.2) is 0 Å². The lowest BCUT2D eigenvalue weighted by Gasteiger charge is -2.05. The highest BCUT2D eigenvalue weighted by Crippen LogP contribution is 2.02. The Bertz CT molecular complexity index is 237. The predicted octanol–water partition coefficient (Wildman–Crippen LogP) is 0.192. The summed E-state index contributed by atoms with van der Waals surface area (Å²) in [5.41, 5.74) is 0. The van der Waals surface area contributed by atoms with Crippen molar-refractivity contribution in [3.8, 4) is 0 Å². The van der Waals surface area contributed by atoms with Crippen LogP contribution in [0.2, 0.25) is 0 Å². The lowest BCUT2D eigenvalue weighted by Crippen LogP contribution is -2.24. The topological polar surface area (TPSA) is 83.5 Å². The minimum Gasteiger partial charge on any atom is -0.481 e. The second kappa shape index (κ2) is 6.12. The zero-order chi connectivity index (χ0) is 11.1. The van der Waals surface area contributed by atoms with Crippen LogP contribution in [0.4, 0.5) is 0 Å². The van der Waals surface area contributed by atoms with Crippen molar-refractivity contribution in [2.45, 2.75) is 26.7 Å². The number of ketones is 1. The van der Waals surface area contributed by atoms with E-state index in [2.05, 4.69) is 5.32 Å². The number of hydrogen-bond acceptors (Lipinski definition) is 3. The molecule has 1 atom stereocenters. The zero-order valence-corrected chi connectivity index (χ0v) is 8.37. The van der Waals surface area contributed by atoms with Gasteiger partial charge in [0, 0.05) is 19.9 Å². The molecule has 2 N–H and O–H groups in total. The van der Waals surface area contributed by atoms with Gasteiger partial charge in [0.1, 0.15) is 11.7 Å². The minimum atomic E-state index is -1.10. The minimum absolute atomic E-state index is 0.149. The van der Waals surface area contributed by atoms with Crippen molar-refractivity contribution in [2.24, 2.45) is 5.92 Å². The van der Waals surface area contributed by atoms with Crippen LogP contribution in [-0.4, -0.2) is 29.3 Å². The molecule has 0 aliphatic rings. The van der Waals surface area contributed by atoms with E-state index in [9.17, 15) is 14.4 Å². The molecule has 0 fully saturated rings. The molecule has 0 aromatic rings. The number of aliphatic carboxylic acids is 1. The first kappa shape index (κ1) is 12.6. The molecular formula is C9H15NO4. The van der Waals surface area contributed by atoms with Crippen LogP contribution in [0.5, 0.6) is 0 Å². The van der Waals surface area contributed by atoms with Gasteiger partial charge in [-0.1, -0.05) is 0 Å². The van der Waals surface area contributed by atoms with E-state index in [1.54, 1.807) is 0 Å². The van der Waals surface area contributed by atoms with E-state index in [1.165, 1.54) is 13.8 Å². The van der Waals surface area contributed by atoms with Crippen molar-refractivity contribution in [1.82, 2.24) is 5.32 Å². The third kappa shape index (κ3) is 5.29. The molecule has 0 aromatic carbocycles. The summed E-state index contributed by atoms with van der Waals surface area (Å²) in [4.78, 5) is 32.0. The molecule has 5 nitrogen and oxygen atoms in total. The predicted molar refractivity (Wildman–Crippen MR) is 49.7 cm³/mol. The fraction of sp³-hybridized carbons (Fsp3) is 0.667. The number of nitrogens with one attached hydrogen (secondary N) is 1. The molecule has 0 spiro atoms. The number of hydrogen-bond donors (Lipinski definition) is 2. The largest absolute Gasteiger partial charge is 0.481 e. The third-order valence-electron chi connectivity index (χ3n) is 1.83. The highest BCUT2D eigenvalue weighted by Gasteiger charge is 2.19. The molecule has 80 valence electrons. The normalized spacial score (nSPS) is 11.9. The quantitative estimate of drug-likeness (QED) is 0.474. The summed E-state index contributed by atoms with van der Waals surface area (Å²) in [5, 5.41) is 11.0. The van der Waals surface area contributed by atoms with Crippen LogP contribution in [0.25, 0.3) is 0 Å². The highest BCUT2D eigenvalue weighted by molar-refractivity contribution is 5.97. The highest BCUT2D eigenvalue weighted by atomic mass is 16.4. The van der Waals surface area contributed by atoms with Gasteiger partial charge in [-0.15, -0.1) is 0 Å². The molecule has 0 aromatic heterocycles. The first-order chi connectivity index (χ1) is 6.45. The Morgan fingerprint density at radius 1 is 1.36 bits per heavy atom. The third-order valence-corrected chi connectivity index (χ3v) is 1.83. The van der Waals surface area contributed by atoms with Crippen molar-refractivity contribution in [3.63, 3.8) is 0 Å². The Morgan fingerprint density at radius 2 is 1.93 bits per heavy atom. The van der Waals surface area contributed by atoms with Gasteiger partial charge in [-0.3, -0.25) is 14.4 Å². The van der Waals surface area contributed by atoms with Crippen LogP contribution in [0, 0.1) is 5.92 Å². The van der Waals surface area contributed by atoms with Crippen molar-refractivity contribution in [1.29, 1.82) is 0 Å². The first-order valence-corrected chi connectivity index (χ1v) is 4.45. The maximum absolute atomic E-state index is 11.1. The molecule has 0 saturated heterocycles. The molecule has 0 unspecified atom stereocenters. The number of carboxylic acid groups (broad SMARTS) is 1. The number of carbonyl (C=O) groups excluding carboxylic acids is 2. The van der Waals surface area contributed by atoms with Crippen LogP contribution in [0.15, 0.2) is 0 Å². The summed E-state index contributed by atoms with van der Waals surface area (Å²) in [6, 6.07) is 0. The Morgan fingerprint density at radius 3 is 2.36 bits per heavy atom. The van der Waals surface area contributed by atoms with Crippen LogP contribution in [0.3, 0.4) is 0 Å². The average molecular weight is 201 g/mol. The van der Waals surface area contributed by atoms with Gasteiger partial charge in [0.05, 0.1) is 0 Å². The number of carbonyl (C=O) groups is 3. The molecule has 5 heteroatoms. The van der Waals surface area contributed by atoms with E-state index >= 15 is 0 Å². The Labute approximate surface area is 82.5 Å². The summed E-state index contributed by atoms with van der Waals surface area (Å²) in [5.74, 6) is -2.51. The summed E-state index contributed by atoms with van der Waals surface area (Å²) in [7, 11) is 0. The summed E-state index contributed by atoms with van der Waals surface area (Å²) in [6.45, 7) is 3.16. The number of Topliss-reactive ketones (excluding diaryl/α,β-unsaturated/α-hetero) is 1. The Hall–Kier alpha value is -1.39. The van der Waals surface area contributed by atoms with Crippen molar-refractivity contribution < 1.29 is 19.5 Å². The monoisotopic (exact) mass is 201 g/mol. The van der Waals surface area contributed by atoms with E-state index in [4.69, 9.17) is 5.11 Å². The van der Waals surface area contributed by atoms with Crippen molar-refractivity contribution in [3.05, 3.63) is 0 Å². The van der Waals surface area contributed by atoms with Crippen molar-refractivity contribution >= 4 is 17.7 Å². The van der Waals surface area contributed by atoms with Crippen LogP contribution in [0.1, 0.15) is 26.7 Å². The van der Waals surface area contributed by atoms with Crippen LogP contribution in [-0.2, 0) is 14.4 Å². The Balaban J connectivity index is 3.64. The zero-order valence-electron chi connectivity index (χ0n) is 8.37.